The summed E-state index contributed by atoms with van der Waals surface area (Å²) in [6.07, 6.45) is 2.97. The van der Waals surface area contributed by atoms with Crippen molar-refractivity contribution in [2.24, 2.45) is 11.7 Å². The molecule has 1 fully saturated rings. The third-order valence-electron chi connectivity index (χ3n) is 1.04. The molecule has 3 nitrogen and oxygen atoms in total. The zero-order valence-corrected chi connectivity index (χ0v) is 5.63. The average Bonchev–Trinajstić information content (AvgIpc) is 2.53. The summed E-state index contributed by atoms with van der Waals surface area (Å²) in [5, 5.41) is 7.60. The maximum Gasteiger partial charge on any atom is 0.317 e. The van der Waals surface area contributed by atoms with Crippen LogP contribution in [-0.4, -0.2) is 17.6 Å². The van der Waals surface area contributed by atoms with Crippen LogP contribution in [0.4, 0.5) is 0 Å². The fraction of sp³-hybridized carbons (Fsp3) is 0.833. The van der Waals surface area contributed by atoms with E-state index in [0.29, 0.717) is 0 Å². The first-order valence-corrected chi connectivity index (χ1v) is 3.08. The molecule has 0 heterocycles. The number of carbonyl (C=O) groups is 1. The topological polar surface area (TPSA) is 63.3 Å². The van der Waals surface area contributed by atoms with Gasteiger partial charge < -0.3 is 10.8 Å². The van der Waals surface area contributed by atoms with E-state index in [2.05, 4.69) is 12.7 Å². The zero-order chi connectivity index (χ0) is 7.28. The first-order chi connectivity index (χ1) is 4.16. The Morgan fingerprint density at radius 2 is 2.00 bits per heavy atom. The lowest BCUT2D eigenvalue weighted by molar-refractivity contribution is -0.135. The molecule has 1 aliphatic rings. The monoisotopic (exact) mass is 131 g/mol. The van der Waals surface area contributed by atoms with Crippen LogP contribution in [0.3, 0.4) is 0 Å². The van der Waals surface area contributed by atoms with Crippen molar-refractivity contribution in [1.29, 1.82) is 0 Å². The number of rotatable bonds is 1. The normalized spacial score (nSPS) is 15.8. The Kier molecular flexibility index (Phi) is 4.05. The second kappa shape index (κ2) is 4.32. The van der Waals surface area contributed by atoms with Crippen LogP contribution < -0.4 is 5.73 Å². The maximum absolute atomic E-state index is 9.24. The van der Waals surface area contributed by atoms with Crippen LogP contribution >= 0.6 is 0 Å². The molecule has 3 heteroatoms. The molecular formula is C6H13NO2. The molecule has 1 rings (SSSR count). The predicted octanol–water partition coefficient (Wildman–Crippen LogP) is 0.446. The minimum absolute atomic E-state index is 0.278. The smallest absolute Gasteiger partial charge is 0.317 e. The highest BCUT2D eigenvalue weighted by molar-refractivity contribution is 5.68. The van der Waals surface area contributed by atoms with Crippen LogP contribution in [0.5, 0.6) is 0 Å². The van der Waals surface area contributed by atoms with E-state index in [9.17, 15) is 4.79 Å². The molecule has 0 aromatic carbocycles. The summed E-state index contributed by atoms with van der Waals surface area (Å²) in [6, 6.07) is 0. The number of hydrogen-bond acceptors (Lipinski definition) is 2. The summed E-state index contributed by atoms with van der Waals surface area (Å²) in [5.41, 5.74) is 4.57. The molecule has 0 unspecified atom stereocenters. The minimum Gasteiger partial charge on any atom is -0.480 e. The highest BCUT2D eigenvalue weighted by Gasteiger charge is 2.12. The number of aliphatic carboxylic acids is 1. The Labute approximate surface area is 54.9 Å². The van der Waals surface area contributed by atoms with E-state index in [1.165, 1.54) is 12.8 Å². The zero-order valence-electron chi connectivity index (χ0n) is 5.63. The van der Waals surface area contributed by atoms with Gasteiger partial charge >= 0.3 is 5.97 Å². The summed E-state index contributed by atoms with van der Waals surface area (Å²) in [7, 11) is 0. The summed E-state index contributed by atoms with van der Waals surface area (Å²) in [6.45, 7) is 2.00. The van der Waals surface area contributed by atoms with Gasteiger partial charge in [-0.3, -0.25) is 4.79 Å². The molecule has 0 radical (unpaired) electrons. The van der Waals surface area contributed by atoms with Crippen molar-refractivity contribution in [3.8, 4) is 0 Å². The number of carboxylic acids is 1. The van der Waals surface area contributed by atoms with Gasteiger partial charge in [-0.05, 0) is 5.92 Å². The van der Waals surface area contributed by atoms with Gasteiger partial charge in [-0.15, -0.1) is 0 Å². The number of carboxylic acid groups (broad SMARTS) is 1. The summed E-state index contributed by atoms with van der Waals surface area (Å²) in [5.74, 6) is 0.116. The van der Waals surface area contributed by atoms with E-state index < -0.39 is 5.97 Å². The van der Waals surface area contributed by atoms with Crippen LogP contribution in [0, 0.1) is 5.92 Å². The van der Waals surface area contributed by atoms with Crippen LogP contribution in [0.1, 0.15) is 19.8 Å². The van der Waals surface area contributed by atoms with Crippen molar-refractivity contribution in [3.63, 3.8) is 0 Å². The van der Waals surface area contributed by atoms with Gasteiger partial charge in [0.25, 0.3) is 0 Å². The first kappa shape index (κ1) is 8.43. The lowest BCUT2D eigenvalue weighted by atomic mass is 10.5. The van der Waals surface area contributed by atoms with Gasteiger partial charge in [0.2, 0.25) is 0 Å². The van der Waals surface area contributed by atoms with Crippen molar-refractivity contribution in [1.82, 2.24) is 0 Å². The van der Waals surface area contributed by atoms with Gasteiger partial charge in [-0.2, -0.15) is 0 Å². The van der Waals surface area contributed by atoms with Crippen LogP contribution in [0.2, 0.25) is 0 Å². The van der Waals surface area contributed by atoms with E-state index in [1.54, 1.807) is 0 Å². The quantitative estimate of drug-likeness (QED) is 0.543. The Hall–Kier alpha value is -0.570. The molecule has 0 saturated heterocycles. The van der Waals surface area contributed by atoms with E-state index in [1.807, 2.05) is 0 Å². The molecular weight excluding hydrogens is 118 g/mol. The second-order valence-electron chi connectivity index (χ2n) is 2.28. The Morgan fingerprint density at radius 3 is 2.00 bits per heavy atom. The molecule has 0 aliphatic heterocycles. The average molecular weight is 131 g/mol. The van der Waals surface area contributed by atoms with Crippen molar-refractivity contribution in [3.05, 3.63) is 0 Å². The molecule has 1 aliphatic carbocycles. The molecule has 0 aromatic heterocycles. The highest BCUT2D eigenvalue weighted by Crippen LogP contribution is 2.26. The van der Waals surface area contributed by atoms with Gasteiger partial charge in [-0.25, -0.2) is 0 Å². The predicted molar refractivity (Wildman–Crippen MR) is 35.1 cm³/mol. The molecule has 3 N–H and O–H groups in total. The fourth-order valence-electron chi connectivity index (χ4n) is 0.167. The molecule has 9 heavy (non-hydrogen) atoms. The van der Waals surface area contributed by atoms with Crippen molar-refractivity contribution in [2.45, 2.75) is 19.8 Å². The minimum atomic E-state index is -0.968. The SMILES string of the molecule is CC1CC1.NCC(=O)O. The Morgan fingerprint density at radius 1 is 1.78 bits per heavy atom. The molecule has 54 valence electrons. The van der Waals surface area contributed by atoms with Crippen LogP contribution in [-0.2, 0) is 4.79 Å². The molecule has 0 spiro atoms. The van der Waals surface area contributed by atoms with E-state index in [0.717, 1.165) is 5.92 Å². The number of hydrogen-bond donors (Lipinski definition) is 2. The van der Waals surface area contributed by atoms with Gasteiger partial charge in [0, 0.05) is 0 Å². The summed E-state index contributed by atoms with van der Waals surface area (Å²) < 4.78 is 0. The third-order valence-corrected chi connectivity index (χ3v) is 1.04. The molecule has 0 atom stereocenters. The largest absolute Gasteiger partial charge is 0.480 e. The Balaban J connectivity index is 0.000000144. The van der Waals surface area contributed by atoms with Crippen LogP contribution in [0.25, 0.3) is 0 Å². The van der Waals surface area contributed by atoms with Gasteiger partial charge in [0.15, 0.2) is 0 Å². The van der Waals surface area contributed by atoms with Gasteiger partial charge in [0.1, 0.15) is 0 Å². The van der Waals surface area contributed by atoms with Crippen molar-refractivity contribution in [2.75, 3.05) is 6.54 Å². The summed E-state index contributed by atoms with van der Waals surface area (Å²) >= 11 is 0. The lowest BCUT2D eigenvalue weighted by Crippen LogP contribution is -2.10. The Bertz CT molecular complexity index is 89.1. The molecule has 0 bridgehead atoms. The van der Waals surface area contributed by atoms with Gasteiger partial charge in [0.05, 0.1) is 6.54 Å². The van der Waals surface area contributed by atoms with Crippen molar-refractivity contribution >= 4 is 5.97 Å². The standard InChI is InChI=1S/C4H8.C2H5NO2/c1-4-2-3-4;3-1-2(4)5/h4H,2-3H2,1H3;1,3H2,(H,4,5). The number of nitrogens with two attached hydrogens (primary N) is 1. The van der Waals surface area contributed by atoms with Crippen molar-refractivity contribution < 1.29 is 9.90 Å². The first-order valence-electron chi connectivity index (χ1n) is 3.08. The van der Waals surface area contributed by atoms with E-state index in [-0.39, 0.29) is 6.54 Å². The molecule has 1 saturated carbocycles. The van der Waals surface area contributed by atoms with E-state index >= 15 is 0 Å². The molecule has 0 aromatic rings. The van der Waals surface area contributed by atoms with Crippen LogP contribution in [0.15, 0.2) is 0 Å². The van der Waals surface area contributed by atoms with E-state index in [4.69, 9.17) is 5.11 Å². The molecule has 0 amide bonds. The summed E-state index contributed by atoms with van der Waals surface area (Å²) in [4.78, 5) is 9.24. The highest BCUT2D eigenvalue weighted by atomic mass is 16.4. The second-order valence-corrected chi connectivity index (χ2v) is 2.28. The fourth-order valence-corrected chi connectivity index (χ4v) is 0.167. The van der Waals surface area contributed by atoms with Gasteiger partial charge in [-0.1, -0.05) is 19.8 Å². The maximum atomic E-state index is 9.24. The third kappa shape index (κ3) is 11.2. The lowest BCUT2D eigenvalue weighted by Gasteiger charge is -1.73.